The molecular weight excluding hydrogens is 254 g/mol. The molecule has 0 unspecified atom stereocenters. The van der Waals surface area contributed by atoms with Gasteiger partial charge in [0.25, 0.3) is 5.91 Å². The summed E-state index contributed by atoms with van der Waals surface area (Å²) in [5.74, 6) is 1.10. The van der Waals surface area contributed by atoms with Crippen molar-refractivity contribution < 1.29 is 14.3 Å². The van der Waals surface area contributed by atoms with E-state index < -0.39 is 0 Å². The Kier molecular flexibility index (Phi) is 4.60. The van der Waals surface area contributed by atoms with Gasteiger partial charge in [-0.2, -0.15) is 0 Å². The van der Waals surface area contributed by atoms with Crippen molar-refractivity contribution >= 4 is 11.6 Å². The highest BCUT2D eigenvalue weighted by Crippen LogP contribution is 2.18. The van der Waals surface area contributed by atoms with Crippen LogP contribution >= 0.6 is 0 Å². The molecule has 1 N–H and O–H groups in total. The predicted octanol–water partition coefficient (Wildman–Crippen LogP) is 3.02. The third-order valence-corrected chi connectivity index (χ3v) is 2.75. The largest absolute Gasteiger partial charge is 0.497 e. The molecule has 0 heterocycles. The van der Waals surface area contributed by atoms with Crippen LogP contribution in [0, 0.1) is 6.92 Å². The van der Waals surface area contributed by atoms with Crippen LogP contribution < -0.4 is 14.8 Å². The fourth-order valence-corrected chi connectivity index (χ4v) is 1.67. The molecule has 0 saturated heterocycles. The van der Waals surface area contributed by atoms with Crippen molar-refractivity contribution in [3.05, 3.63) is 54.1 Å². The summed E-state index contributed by atoms with van der Waals surface area (Å²) < 4.78 is 10.5. The number of carbonyl (C=O) groups is 1. The molecule has 1 amide bonds. The molecule has 2 aromatic rings. The zero-order valence-corrected chi connectivity index (χ0v) is 11.6. The molecule has 0 aromatic heterocycles. The first-order valence-corrected chi connectivity index (χ1v) is 6.31. The summed E-state index contributed by atoms with van der Waals surface area (Å²) in [5.41, 5.74) is 1.91. The number of aryl methyl sites for hydroxylation is 1. The maximum Gasteiger partial charge on any atom is 0.262 e. The second-order valence-electron chi connectivity index (χ2n) is 4.38. The lowest BCUT2D eigenvalue weighted by Gasteiger charge is -2.08. The van der Waals surface area contributed by atoms with Gasteiger partial charge in [0, 0.05) is 11.8 Å². The molecule has 0 aliphatic rings. The Morgan fingerprint density at radius 1 is 1.10 bits per heavy atom. The van der Waals surface area contributed by atoms with Gasteiger partial charge >= 0.3 is 0 Å². The standard InChI is InChI=1S/C16H17NO3/c1-12-6-8-13(9-7-12)17-16(18)11-20-15-5-3-4-14(10-15)19-2/h3-10H,11H2,1-2H3,(H,17,18). The van der Waals surface area contributed by atoms with Gasteiger partial charge in [-0.3, -0.25) is 4.79 Å². The monoisotopic (exact) mass is 271 g/mol. The molecule has 0 saturated carbocycles. The minimum Gasteiger partial charge on any atom is -0.497 e. The third-order valence-electron chi connectivity index (χ3n) is 2.75. The Labute approximate surface area is 118 Å². The molecule has 0 spiro atoms. The van der Waals surface area contributed by atoms with E-state index in [4.69, 9.17) is 9.47 Å². The average Bonchev–Trinajstić information content (AvgIpc) is 2.48. The lowest BCUT2D eigenvalue weighted by molar-refractivity contribution is -0.118. The minimum atomic E-state index is -0.198. The van der Waals surface area contributed by atoms with E-state index >= 15 is 0 Å². The van der Waals surface area contributed by atoms with Crippen molar-refractivity contribution in [1.29, 1.82) is 0 Å². The molecule has 0 atom stereocenters. The quantitative estimate of drug-likeness (QED) is 0.909. The summed E-state index contributed by atoms with van der Waals surface area (Å²) >= 11 is 0. The third kappa shape index (κ3) is 4.02. The first kappa shape index (κ1) is 13.9. The van der Waals surface area contributed by atoms with Crippen LogP contribution in [-0.2, 0) is 4.79 Å². The van der Waals surface area contributed by atoms with Gasteiger partial charge in [-0.1, -0.05) is 23.8 Å². The van der Waals surface area contributed by atoms with E-state index in [0.29, 0.717) is 11.5 Å². The lowest BCUT2D eigenvalue weighted by atomic mass is 10.2. The lowest BCUT2D eigenvalue weighted by Crippen LogP contribution is -2.20. The second kappa shape index (κ2) is 6.61. The number of nitrogens with one attached hydrogen (secondary N) is 1. The molecule has 2 aromatic carbocycles. The van der Waals surface area contributed by atoms with E-state index in [2.05, 4.69) is 5.32 Å². The molecule has 4 nitrogen and oxygen atoms in total. The average molecular weight is 271 g/mol. The Bertz CT molecular complexity index is 579. The fraction of sp³-hybridized carbons (Fsp3) is 0.188. The number of carbonyl (C=O) groups excluding carboxylic acids is 1. The van der Waals surface area contributed by atoms with Crippen LogP contribution in [0.25, 0.3) is 0 Å². The maximum absolute atomic E-state index is 11.8. The normalized spacial score (nSPS) is 9.90. The summed E-state index contributed by atoms with van der Waals surface area (Å²) in [6, 6.07) is 14.8. The van der Waals surface area contributed by atoms with Crippen LogP contribution in [0.5, 0.6) is 11.5 Å². The number of hydrogen-bond acceptors (Lipinski definition) is 3. The Balaban J connectivity index is 1.87. The van der Waals surface area contributed by atoms with E-state index in [1.54, 1.807) is 19.2 Å². The van der Waals surface area contributed by atoms with Gasteiger partial charge in [-0.25, -0.2) is 0 Å². The summed E-state index contributed by atoms with van der Waals surface area (Å²) in [6.07, 6.45) is 0. The van der Waals surface area contributed by atoms with Crippen molar-refractivity contribution in [1.82, 2.24) is 0 Å². The molecule has 4 heteroatoms. The highest BCUT2D eigenvalue weighted by molar-refractivity contribution is 5.91. The number of hydrogen-bond donors (Lipinski definition) is 1. The predicted molar refractivity (Wildman–Crippen MR) is 78.3 cm³/mol. The summed E-state index contributed by atoms with van der Waals surface area (Å²) in [7, 11) is 1.59. The van der Waals surface area contributed by atoms with Gasteiger partial charge in [0.05, 0.1) is 7.11 Å². The highest BCUT2D eigenvalue weighted by atomic mass is 16.5. The van der Waals surface area contributed by atoms with Gasteiger partial charge in [0.2, 0.25) is 0 Å². The Hall–Kier alpha value is -2.49. The Morgan fingerprint density at radius 2 is 1.80 bits per heavy atom. The smallest absolute Gasteiger partial charge is 0.262 e. The summed E-state index contributed by atoms with van der Waals surface area (Å²) in [6.45, 7) is 1.96. The maximum atomic E-state index is 11.8. The molecule has 2 rings (SSSR count). The van der Waals surface area contributed by atoms with Gasteiger partial charge in [0.1, 0.15) is 11.5 Å². The summed E-state index contributed by atoms with van der Waals surface area (Å²) in [5, 5.41) is 2.77. The number of rotatable bonds is 5. The van der Waals surface area contributed by atoms with Crippen LogP contribution in [0.1, 0.15) is 5.56 Å². The molecule has 0 aliphatic carbocycles. The van der Waals surface area contributed by atoms with E-state index in [9.17, 15) is 4.79 Å². The van der Waals surface area contributed by atoms with E-state index in [0.717, 1.165) is 11.3 Å². The first-order valence-electron chi connectivity index (χ1n) is 6.31. The van der Waals surface area contributed by atoms with Crippen molar-refractivity contribution in [2.75, 3.05) is 19.0 Å². The zero-order valence-electron chi connectivity index (χ0n) is 11.6. The van der Waals surface area contributed by atoms with Gasteiger partial charge in [-0.05, 0) is 31.2 Å². The van der Waals surface area contributed by atoms with Crippen LogP contribution in [-0.4, -0.2) is 19.6 Å². The zero-order chi connectivity index (χ0) is 14.4. The molecule has 0 radical (unpaired) electrons. The molecule has 0 aliphatic heterocycles. The van der Waals surface area contributed by atoms with E-state index in [1.807, 2.05) is 43.3 Å². The van der Waals surface area contributed by atoms with Crippen LogP contribution in [0.2, 0.25) is 0 Å². The number of anilines is 1. The van der Waals surface area contributed by atoms with Crippen molar-refractivity contribution in [2.24, 2.45) is 0 Å². The number of ether oxygens (including phenoxy) is 2. The van der Waals surface area contributed by atoms with E-state index in [-0.39, 0.29) is 12.5 Å². The molecule has 104 valence electrons. The molecule has 20 heavy (non-hydrogen) atoms. The van der Waals surface area contributed by atoms with Crippen LogP contribution in [0.4, 0.5) is 5.69 Å². The minimum absolute atomic E-state index is 0.0406. The van der Waals surface area contributed by atoms with Crippen LogP contribution in [0.3, 0.4) is 0 Å². The number of benzene rings is 2. The SMILES string of the molecule is COc1cccc(OCC(=O)Nc2ccc(C)cc2)c1. The number of amides is 1. The van der Waals surface area contributed by atoms with Gasteiger partial charge in [-0.15, -0.1) is 0 Å². The van der Waals surface area contributed by atoms with Gasteiger partial charge in [0.15, 0.2) is 6.61 Å². The fourth-order valence-electron chi connectivity index (χ4n) is 1.67. The van der Waals surface area contributed by atoms with Crippen molar-refractivity contribution in [2.45, 2.75) is 6.92 Å². The van der Waals surface area contributed by atoms with Gasteiger partial charge < -0.3 is 14.8 Å². The first-order chi connectivity index (χ1) is 9.67. The molecule has 0 bridgehead atoms. The second-order valence-corrected chi connectivity index (χ2v) is 4.38. The summed E-state index contributed by atoms with van der Waals surface area (Å²) in [4.78, 5) is 11.8. The number of methoxy groups -OCH3 is 1. The van der Waals surface area contributed by atoms with Crippen LogP contribution in [0.15, 0.2) is 48.5 Å². The van der Waals surface area contributed by atoms with E-state index in [1.165, 1.54) is 0 Å². The Morgan fingerprint density at radius 3 is 2.50 bits per heavy atom. The van der Waals surface area contributed by atoms with Crippen molar-refractivity contribution in [3.8, 4) is 11.5 Å². The molecule has 0 fully saturated rings. The topological polar surface area (TPSA) is 47.6 Å². The highest BCUT2D eigenvalue weighted by Gasteiger charge is 2.04. The molecular formula is C16H17NO3. The van der Waals surface area contributed by atoms with Crippen molar-refractivity contribution in [3.63, 3.8) is 0 Å².